The Morgan fingerprint density at radius 3 is 2.61 bits per heavy atom. The van der Waals surface area contributed by atoms with Gasteiger partial charge in [-0.05, 0) is 18.6 Å². The Balaban J connectivity index is 1.83. The summed E-state index contributed by atoms with van der Waals surface area (Å²) >= 11 is 0. The highest BCUT2D eigenvalue weighted by atomic mass is 16.5. The maximum atomic E-state index is 5.66. The molecule has 0 aliphatic heterocycles. The summed E-state index contributed by atoms with van der Waals surface area (Å²) in [5.41, 5.74) is 6.53. The highest BCUT2D eigenvalue weighted by molar-refractivity contribution is 5.31. The number of hydrogen-bond acceptors (Lipinski definition) is 5. The Morgan fingerprint density at radius 1 is 1.17 bits per heavy atom. The molecule has 0 radical (unpaired) electrons. The minimum Gasteiger partial charge on any atom is -0.493 e. The van der Waals surface area contributed by atoms with Crippen LogP contribution in [0.15, 0.2) is 28.7 Å². The van der Waals surface area contributed by atoms with E-state index >= 15 is 0 Å². The van der Waals surface area contributed by atoms with E-state index in [0.29, 0.717) is 37.8 Å². The molecule has 5 heteroatoms. The number of hydrogen-bond donors (Lipinski definition) is 1. The Kier molecular flexibility index (Phi) is 4.30. The molecular weight excluding hydrogens is 230 g/mol. The Morgan fingerprint density at radius 2 is 1.89 bits per heavy atom. The van der Waals surface area contributed by atoms with Crippen LogP contribution in [0.25, 0.3) is 0 Å². The van der Waals surface area contributed by atoms with Crippen LogP contribution in [0.2, 0.25) is 0 Å². The van der Waals surface area contributed by atoms with Crippen molar-refractivity contribution in [1.29, 1.82) is 0 Å². The molecule has 0 aliphatic rings. The molecule has 0 aliphatic carbocycles. The van der Waals surface area contributed by atoms with Gasteiger partial charge in [0, 0.05) is 13.0 Å². The Labute approximate surface area is 106 Å². The second-order valence-electron chi connectivity index (χ2n) is 3.99. The van der Waals surface area contributed by atoms with Crippen molar-refractivity contribution < 1.29 is 9.15 Å². The number of aryl methyl sites for hydroxylation is 1. The van der Waals surface area contributed by atoms with E-state index in [4.69, 9.17) is 14.9 Å². The number of rotatable bonds is 6. The fourth-order valence-electron chi connectivity index (χ4n) is 1.58. The first-order valence-electron chi connectivity index (χ1n) is 5.99. The van der Waals surface area contributed by atoms with Crippen molar-refractivity contribution in [2.24, 2.45) is 5.73 Å². The standard InChI is InChI=1S/C13H17N3O2/c1-10-4-2-3-5-11(10)17-9-7-13-16-15-12(18-13)6-8-14/h2-5H,6-9,14H2,1H3. The second-order valence-corrected chi connectivity index (χ2v) is 3.99. The number of para-hydroxylation sites is 1. The SMILES string of the molecule is Cc1ccccc1OCCc1nnc(CCN)o1. The van der Waals surface area contributed by atoms with E-state index in [-0.39, 0.29) is 0 Å². The molecule has 2 rings (SSSR count). The van der Waals surface area contributed by atoms with Gasteiger partial charge >= 0.3 is 0 Å². The molecule has 0 bridgehead atoms. The predicted octanol–water partition coefficient (Wildman–Crippen LogP) is 1.50. The minimum atomic E-state index is 0.515. The summed E-state index contributed by atoms with van der Waals surface area (Å²) in [6, 6.07) is 7.90. The van der Waals surface area contributed by atoms with Crippen LogP contribution >= 0.6 is 0 Å². The number of nitrogens with zero attached hydrogens (tertiary/aromatic N) is 2. The van der Waals surface area contributed by atoms with Gasteiger partial charge in [0.25, 0.3) is 0 Å². The highest BCUT2D eigenvalue weighted by Gasteiger charge is 2.05. The number of nitrogens with two attached hydrogens (primary N) is 1. The van der Waals surface area contributed by atoms with Crippen molar-refractivity contribution >= 4 is 0 Å². The van der Waals surface area contributed by atoms with Crippen LogP contribution < -0.4 is 10.5 Å². The lowest BCUT2D eigenvalue weighted by Gasteiger charge is -2.06. The topological polar surface area (TPSA) is 74.2 Å². The third-order valence-corrected chi connectivity index (χ3v) is 2.53. The van der Waals surface area contributed by atoms with E-state index < -0.39 is 0 Å². The molecule has 5 nitrogen and oxygen atoms in total. The van der Waals surface area contributed by atoms with Crippen molar-refractivity contribution in [3.05, 3.63) is 41.6 Å². The summed E-state index contributed by atoms with van der Waals surface area (Å²) in [5, 5.41) is 7.83. The van der Waals surface area contributed by atoms with Gasteiger partial charge < -0.3 is 14.9 Å². The molecular formula is C13H17N3O2. The molecule has 0 unspecified atom stereocenters. The lowest BCUT2D eigenvalue weighted by atomic mass is 10.2. The first kappa shape index (κ1) is 12.6. The molecule has 96 valence electrons. The first-order chi connectivity index (χ1) is 8.79. The number of ether oxygens (including phenoxy) is 1. The van der Waals surface area contributed by atoms with Crippen LogP contribution in [0.1, 0.15) is 17.3 Å². The molecule has 1 aromatic heterocycles. The second kappa shape index (κ2) is 6.16. The van der Waals surface area contributed by atoms with Gasteiger partial charge in [-0.1, -0.05) is 18.2 Å². The first-order valence-corrected chi connectivity index (χ1v) is 5.99. The van der Waals surface area contributed by atoms with Gasteiger partial charge in [0.2, 0.25) is 11.8 Å². The van der Waals surface area contributed by atoms with Crippen LogP contribution in [0.4, 0.5) is 0 Å². The molecule has 0 spiro atoms. The van der Waals surface area contributed by atoms with Crippen molar-refractivity contribution in [1.82, 2.24) is 10.2 Å². The largest absolute Gasteiger partial charge is 0.493 e. The molecule has 0 amide bonds. The maximum Gasteiger partial charge on any atom is 0.219 e. The van der Waals surface area contributed by atoms with Gasteiger partial charge in [0.15, 0.2) is 0 Å². The summed E-state index contributed by atoms with van der Waals surface area (Å²) in [4.78, 5) is 0. The number of benzene rings is 1. The quantitative estimate of drug-likeness (QED) is 0.837. The van der Waals surface area contributed by atoms with E-state index in [1.165, 1.54) is 0 Å². The fraction of sp³-hybridized carbons (Fsp3) is 0.385. The lowest BCUT2D eigenvalue weighted by molar-refractivity contribution is 0.302. The van der Waals surface area contributed by atoms with E-state index in [0.717, 1.165) is 11.3 Å². The van der Waals surface area contributed by atoms with E-state index in [1.54, 1.807) is 0 Å². The molecule has 0 saturated heterocycles. The van der Waals surface area contributed by atoms with Gasteiger partial charge in [-0.15, -0.1) is 10.2 Å². The number of aromatic nitrogens is 2. The average molecular weight is 247 g/mol. The minimum absolute atomic E-state index is 0.515. The highest BCUT2D eigenvalue weighted by Crippen LogP contribution is 2.16. The normalized spacial score (nSPS) is 10.6. The summed E-state index contributed by atoms with van der Waals surface area (Å²) in [7, 11) is 0. The third kappa shape index (κ3) is 3.30. The Hall–Kier alpha value is -1.88. The molecule has 1 heterocycles. The van der Waals surface area contributed by atoms with Crippen LogP contribution in [-0.2, 0) is 12.8 Å². The van der Waals surface area contributed by atoms with Crippen molar-refractivity contribution in [2.75, 3.05) is 13.2 Å². The molecule has 0 saturated carbocycles. The molecule has 0 atom stereocenters. The van der Waals surface area contributed by atoms with Crippen LogP contribution in [0.3, 0.4) is 0 Å². The Bertz CT molecular complexity index is 496. The van der Waals surface area contributed by atoms with Crippen molar-refractivity contribution in [3.63, 3.8) is 0 Å². The third-order valence-electron chi connectivity index (χ3n) is 2.53. The smallest absolute Gasteiger partial charge is 0.219 e. The van der Waals surface area contributed by atoms with Crippen LogP contribution in [0, 0.1) is 6.92 Å². The average Bonchev–Trinajstić information content (AvgIpc) is 2.80. The van der Waals surface area contributed by atoms with Gasteiger partial charge in [-0.3, -0.25) is 0 Å². The maximum absolute atomic E-state index is 5.66. The van der Waals surface area contributed by atoms with Crippen molar-refractivity contribution in [3.8, 4) is 5.75 Å². The summed E-state index contributed by atoms with van der Waals surface area (Å²) < 4.78 is 11.1. The zero-order valence-electron chi connectivity index (χ0n) is 10.4. The monoisotopic (exact) mass is 247 g/mol. The zero-order valence-corrected chi connectivity index (χ0v) is 10.4. The van der Waals surface area contributed by atoms with Gasteiger partial charge in [-0.2, -0.15) is 0 Å². The molecule has 0 fully saturated rings. The zero-order chi connectivity index (χ0) is 12.8. The van der Waals surface area contributed by atoms with E-state index in [1.807, 2.05) is 31.2 Å². The van der Waals surface area contributed by atoms with Gasteiger partial charge in [0.05, 0.1) is 13.0 Å². The molecule has 18 heavy (non-hydrogen) atoms. The van der Waals surface area contributed by atoms with Gasteiger partial charge in [0.1, 0.15) is 5.75 Å². The molecule has 2 N–H and O–H groups in total. The summed E-state index contributed by atoms with van der Waals surface area (Å²) in [6.45, 7) is 3.05. The fourth-order valence-corrected chi connectivity index (χ4v) is 1.58. The summed E-state index contributed by atoms with van der Waals surface area (Å²) in [6.07, 6.45) is 1.22. The van der Waals surface area contributed by atoms with Gasteiger partial charge in [-0.25, -0.2) is 0 Å². The van der Waals surface area contributed by atoms with E-state index in [9.17, 15) is 0 Å². The summed E-state index contributed by atoms with van der Waals surface area (Å²) in [5.74, 6) is 2.06. The predicted molar refractivity (Wildman–Crippen MR) is 67.4 cm³/mol. The molecule has 2 aromatic rings. The van der Waals surface area contributed by atoms with Crippen LogP contribution in [0.5, 0.6) is 5.75 Å². The van der Waals surface area contributed by atoms with E-state index in [2.05, 4.69) is 10.2 Å². The van der Waals surface area contributed by atoms with Crippen molar-refractivity contribution in [2.45, 2.75) is 19.8 Å². The lowest BCUT2D eigenvalue weighted by Crippen LogP contribution is -2.03. The van der Waals surface area contributed by atoms with Crippen LogP contribution in [-0.4, -0.2) is 23.3 Å². The molecule has 1 aromatic carbocycles.